The summed E-state index contributed by atoms with van der Waals surface area (Å²) in [6, 6.07) is 2.99. The van der Waals surface area contributed by atoms with Crippen LogP contribution in [-0.2, 0) is 0 Å². The minimum atomic E-state index is -1.39. The number of nitrogens with zero attached hydrogens (tertiary/aromatic N) is 6. The Kier molecular flexibility index (Phi) is 3.91. The Bertz CT molecular complexity index is 1280. The molecule has 11 heteroatoms. The molecule has 29 heavy (non-hydrogen) atoms. The van der Waals surface area contributed by atoms with Gasteiger partial charge in [-0.2, -0.15) is 5.10 Å². The second-order valence-electron chi connectivity index (χ2n) is 6.57. The van der Waals surface area contributed by atoms with Crippen LogP contribution in [0.4, 0.5) is 10.2 Å². The molecular weight excluding hydrogens is 399 g/mol. The van der Waals surface area contributed by atoms with E-state index in [0.29, 0.717) is 18.2 Å². The van der Waals surface area contributed by atoms with E-state index in [-0.39, 0.29) is 22.9 Å². The molecule has 0 aromatic carbocycles. The van der Waals surface area contributed by atoms with Crippen LogP contribution >= 0.6 is 11.3 Å². The number of carbonyl (C=O) groups is 1. The lowest BCUT2D eigenvalue weighted by Gasteiger charge is -2.40. The zero-order valence-electron chi connectivity index (χ0n) is 14.8. The van der Waals surface area contributed by atoms with Gasteiger partial charge in [0.25, 0.3) is 0 Å². The molecule has 9 nitrogen and oxygen atoms in total. The molecule has 0 unspecified atom stereocenters. The highest BCUT2D eigenvalue weighted by Crippen LogP contribution is 2.30. The van der Waals surface area contributed by atoms with Crippen molar-refractivity contribution in [3.8, 4) is 5.13 Å². The normalized spacial score (nSPS) is 14.3. The van der Waals surface area contributed by atoms with E-state index in [1.807, 2.05) is 12.3 Å². The molecular formula is C18H13FN6O3S. The van der Waals surface area contributed by atoms with Gasteiger partial charge in [-0.25, -0.2) is 19.2 Å². The molecule has 1 N–H and O–H groups in total. The maximum Gasteiger partial charge on any atom is 0.341 e. The molecule has 0 amide bonds. The number of fused-ring (bicyclic) bond motifs is 1. The van der Waals surface area contributed by atoms with Gasteiger partial charge in [-0.15, -0.1) is 11.3 Å². The number of hydrogen-bond donors (Lipinski definition) is 1. The third kappa shape index (κ3) is 2.78. The predicted octanol–water partition coefficient (Wildman–Crippen LogP) is 1.94. The summed E-state index contributed by atoms with van der Waals surface area (Å²) < 4.78 is 18.0. The first-order chi connectivity index (χ1) is 14.0. The van der Waals surface area contributed by atoms with Crippen LogP contribution in [-0.4, -0.2) is 48.5 Å². The predicted molar refractivity (Wildman–Crippen MR) is 103 cm³/mol. The van der Waals surface area contributed by atoms with Gasteiger partial charge in [0.05, 0.1) is 11.4 Å². The monoisotopic (exact) mass is 412 g/mol. The first-order valence-electron chi connectivity index (χ1n) is 8.66. The number of rotatable bonds is 4. The summed E-state index contributed by atoms with van der Waals surface area (Å²) in [5.41, 5.74) is -1.09. The van der Waals surface area contributed by atoms with Gasteiger partial charge < -0.3 is 10.0 Å². The molecule has 0 bridgehead atoms. The summed E-state index contributed by atoms with van der Waals surface area (Å²) in [5.74, 6) is -1.97. The van der Waals surface area contributed by atoms with Crippen LogP contribution in [0, 0.1) is 5.82 Å². The van der Waals surface area contributed by atoms with Gasteiger partial charge in [-0.1, -0.05) is 0 Å². The first kappa shape index (κ1) is 17.5. The minimum absolute atomic E-state index is 0.105. The molecule has 0 spiro atoms. The van der Waals surface area contributed by atoms with Crippen molar-refractivity contribution in [1.82, 2.24) is 24.3 Å². The van der Waals surface area contributed by atoms with Crippen LogP contribution in [0.3, 0.4) is 0 Å². The average Bonchev–Trinajstić information content (AvgIpc) is 3.35. The zero-order chi connectivity index (χ0) is 20.1. The van der Waals surface area contributed by atoms with Crippen molar-refractivity contribution in [2.24, 2.45) is 0 Å². The van der Waals surface area contributed by atoms with Crippen LogP contribution in [0.15, 0.2) is 47.1 Å². The van der Waals surface area contributed by atoms with Gasteiger partial charge in [-0.3, -0.25) is 14.0 Å². The molecule has 0 aliphatic carbocycles. The third-order valence-corrected chi connectivity index (χ3v) is 5.60. The summed E-state index contributed by atoms with van der Waals surface area (Å²) in [7, 11) is 0. The highest BCUT2D eigenvalue weighted by atomic mass is 32.1. The quantitative estimate of drug-likeness (QED) is 0.546. The molecule has 0 saturated carbocycles. The fourth-order valence-corrected chi connectivity index (χ4v) is 3.98. The van der Waals surface area contributed by atoms with Gasteiger partial charge in [0.2, 0.25) is 5.43 Å². The van der Waals surface area contributed by atoms with Crippen LogP contribution in [0.5, 0.6) is 0 Å². The molecule has 1 aliphatic rings. The summed E-state index contributed by atoms with van der Waals surface area (Å²) in [6.07, 6.45) is 6.27. The fraction of sp³-hybridized carbons (Fsp3) is 0.167. The molecule has 0 atom stereocenters. The Morgan fingerprint density at radius 3 is 2.79 bits per heavy atom. The number of anilines is 1. The maximum absolute atomic E-state index is 14.8. The largest absolute Gasteiger partial charge is 0.477 e. The van der Waals surface area contributed by atoms with Gasteiger partial charge in [-0.05, 0) is 12.1 Å². The molecule has 1 aliphatic heterocycles. The molecule has 0 radical (unpaired) electrons. The van der Waals surface area contributed by atoms with Crippen LogP contribution < -0.4 is 10.3 Å². The second kappa shape index (κ2) is 6.48. The lowest BCUT2D eigenvalue weighted by molar-refractivity contribution is 0.0695. The van der Waals surface area contributed by atoms with Crippen LogP contribution in [0.2, 0.25) is 0 Å². The Labute approximate surface area is 166 Å². The number of carboxylic acid groups (broad SMARTS) is 1. The Morgan fingerprint density at radius 2 is 2.14 bits per heavy atom. The molecule has 5 rings (SSSR count). The van der Waals surface area contributed by atoms with Gasteiger partial charge in [0, 0.05) is 43.3 Å². The SMILES string of the molecule is O=C(O)c1cn(-c2nccs2)c2nc(N3CC(n4cccn4)C3)c(F)cc2c1=O. The highest BCUT2D eigenvalue weighted by molar-refractivity contribution is 7.12. The number of hydrogen-bond acceptors (Lipinski definition) is 7. The van der Waals surface area contributed by atoms with E-state index in [1.165, 1.54) is 22.1 Å². The number of thiazole rings is 1. The molecule has 4 aromatic rings. The first-order valence-corrected chi connectivity index (χ1v) is 9.54. The van der Waals surface area contributed by atoms with Crippen molar-refractivity contribution >= 4 is 34.2 Å². The second-order valence-corrected chi connectivity index (χ2v) is 7.44. The van der Waals surface area contributed by atoms with E-state index in [9.17, 15) is 19.1 Å². The Morgan fingerprint density at radius 1 is 1.31 bits per heavy atom. The fourth-order valence-electron chi connectivity index (χ4n) is 3.36. The van der Waals surface area contributed by atoms with Crippen LogP contribution in [0.1, 0.15) is 16.4 Å². The number of pyridine rings is 2. The standard InChI is InChI=1S/C18H13FN6O3S/c19-13-6-11-14(26)12(17(27)28)9-24(18-20-3-5-29-18)15(11)22-16(13)23-7-10(8-23)25-4-1-2-21-25/h1-6,9-10H,7-8H2,(H,27,28). The summed E-state index contributed by atoms with van der Waals surface area (Å²) in [4.78, 5) is 34.4. The van der Waals surface area contributed by atoms with Crippen LogP contribution in [0.25, 0.3) is 16.2 Å². The van der Waals surface area contributed by atoms with Crippen molar-refractivity contribution in [2.75, 3.05) is 18.0 Å². The van der Waals surface area contributed by atoms with Gasteiger partial charge >= 0.3 is 5.97 Å². The minimum Gasteiger partial charge on any atom is -0.477 e. The molecule has 4 aromatic heterocycles. The summed E-state index contributed by atoms with van der Waals surface area (Å²) in [6.45, 7) is 1.04. The lowest BCUT2D eigenvalue weighted by Crippen LogP contribution is -2.48. The molecule has 146 valence electrons. The molecule has 1 saturated heterocycles. The number of carboxylic acids is 1. The van der Waals surface area contributed by atoms with Gasteiger partial charge in [0.1, 0.15) is 5.56 Å². The highest BCUT2D eigenvalue weighted by Gasteiger charge is 2.32. The van der Waals surface area contributed by atoms with Crippen molar-refractivity contribution in [3.63, 3.8) is 0 Å². The average molecular weight is 412 g/mol. The smallest absolute Gasteiger partial charge is 0.341 e. The lowest BCUT2D eigenvalue weighted by atomic mass is 10.1. The summed E-state index contributed by atoms with van der Waals surface area (Å²) in [5, 5.41) is 15.6. The van der Waals surface area contributed by atoms with Crippen molar-refractivity contribution in [2.45, 2.75) is 6.04 Å². The number of halogens is 1. The van der Waals surface area contributed by atoms with Crippen molar-refractivity contribution in [1.29, 1.82) is 0 Å². The maximum atomic E-state index is 14.8. The van der Waals surface area contributed by atoms with E-state index < -0.39 is 22.8 Å². The topological polar surface area (TPSA) is 106 Å². The van der Waals surface area contributed by atoms with E-state index in [1.54, 1.807) is 27.4 Å². The third-order valence-electron chi connectivity index (χ3n) is 4.83. The van der Waals surface area contributed by atoms with Gasteiger partial charge in [0.15, 0.2) is 22.4 Å². The zero-order valence-corrected chi connectivity index (χ0v) is 15.6. The molecule has 5 heterocycles. The van der Waals surface area contributed by atoms with E-state index >= 15 is 0 Å². The van der Waals surface area contributed by atoms with Crippen molar-refractivity contribution < 1.29 is 14.3 Å². The van der Waals surface area contributed by atoms with E-state index in [4.69, 9.17) is 0 Å². The van der Waals surface area contributed by atoms with E-state index in [0.717, 1.165) is 6.07 Å². The van der Waals surface area contributed by atoms with E-state index in [2.05, 4.69) is 15.1 Å². The van der Waals surface area contributed by atoms with Crippen molar-refractivity contribution in [3.05, 3.63) is 63.9 Å². The number of aromatic nitrogens is 5. The summed E-state index contributed by atoms with van der Waals surface area (Å²) >= 11 is 1.25. The Balaban J connectivity index is 1.64. The number of aromatic carboxylic acids is 1. The Hall–Kier alpha value is -3.60. The molecule has 1 fully saturated rings.